The van der Waals surface area contributed by atoms with Crippen LogP contribution >= 0.6 is 15.9 Å². The molecule has 1 aliphatic heterocycles. The molecule has 4 heteroatoms. The van der Waals surface area contributed by atoms with E-state index in [1.807, 2.05) is 11.0 Å². The predicted molar refractivity (Wildman–Crippen MR) is 70.7 cm³/mol. The first kappa shape index (κ1) is 11.1. The van der Waals surface area contributed by atoms with E-state index in [4.69, 9.17) is 5.73 Å². The molecule has 1 amide bonds. The number of likely N-dealkylation sites (tertiary alicyclic amines) is 1. The van der Waals surface area contributed by atoms with Gasteiger partial charge in [0, 0.05) is 22.7 Å². The minimum Gasteiger partial charge on any atom is -0.399 e. The average molecular weight is 295 g/mol. The van der Waals surface area contributed by atoms with E-state index in [-0.39, 0.29) is 5.91 Å². The van der Waals surface area contributed by atoms with Gasteiger partial charge in [-0.3, -0.25) is 4.79 Å². The molecule has 1 aromatic carbocycles. The zero-order valence-electron chi connectivity index (χ0n) is 9.53. The molecule has 3 nitrogen and oxygen atoms in total. The molecular formula is C13H15BrN2O. The second-order valence-corrected chi connectivity index (χ2v) is 5.88. The molecule has 2 fully saturated rings. The zero-order valence-corrected chi connectivity index (χ0v) is 11.1. The third kappa shape index (κ3) is 1.84. The van der Waals surface area contributed by atoms with Gasteiger partial charge in [0.05, 0.1) is 5.56 Å². The number of amides is 1. The normalized spacial score (nSPS) is 26.5. The Morgan fingerprint density at radius 1 is 1.41 bits per heavy atom. The number of nitrogens with two attached hydrogens (primary N) is 1. The van der Waals surface area contributed by atoms with Crippen molar-refractivity contribution in [3.8, 4) is 0 Å². The van der Waals surface area contributed by atoms with E-state index in [0.29, 0.717) is 17.3 Å². The van der Waals surface area contributed by atoms with Crippen LogP contribution in [0, 0.1) is 5.92 Å². The van der Waals surface area contributed by atoms with Crippen molar-refractivity contribution in [1.82, 2.24) is 4.90 Å². The zero-order chi connectivity index (χ0) is 12.0. The van der Waals surface area contributed by atoms with Crippen LogP contribution in [0.3, 0.4) is 0 Å². The van der Waals surface area contributed by atoms with Crippen molar-refractivity contribution in [2.75, 3.05) is 12.3 Å². The minimum absolute atomic E-state index is 0.122. The van der Waals surface area contributed by atoms with Crippen LogP contribution in [-0.2, 0) is 0 Å². The van der Waals surface area contributed by atoms with E-state index in [2.05, 4.69) is 15.9 Å². The molecule has 0 spiro atoms. The average Bonchev–Trinajstić information content (AvgIpc) is 2.93. The Hall–Kier alpha value is -1.03. The van der Waals surface area contributed by atoms with Crippen LogP contribution in [0.5, 0.6) is 0 Å². The van der Waals surface area contributed by atoms with E-state index in [0.717, 1.165) is 23.4 Å². The number of nitrogen functional groups attached to an aromatic ring is 1. The van der Waals surface area contributed by atoms with E-state index in [9.17, 15) is 4.79 Å². The van der Waals surface area contributed by atoms with Gasteiger partial charge in [0.25, 0.3) is 5.91 Å². The van der Waals surface area contributed by atoms with Crippen LogP contribution in [0.15, 0.2) is 22.7 Å². The first-order valence-electron chi connectivity index (χ1n) is 6.01. The predicted octanol–water partition coefficient (Wildman–Crippen LogP) is 2.66. The van der Waals surface area contributed by atoms with E-state index in [1.54, 1.807) is 12.1 Å². The third-order valence-corrected chi connectivity index (χ3v) is 4.58. The first-order chi connectivity index (χ1) is 8.15. The van der Waals surface area contributed by atoms with Crippen LogP contribution in [-0.4, -0.2) is 23.4 Å². The van der Waals surface area contributed by atoms with Crippen molar-refractivity contribution < 1.29 is 4.79 Å². The lowest BCUT2D eigenvalue weighted by atomic mass is 10.1. The van der Waals surface area contributed by atoms with Crippen LogP contribution in [0.25, 0.3) is 0 Å². The fraction of sp³-hybridized carbons (Fsp3) is 0.462. The molecule has 1 heterocycles. The summed E-state index contributed by atoms with van der Waals surface area (Å²) in [6, 6.07) is 5.87. The molecule has 1 saturated carbocycles. The topological polar surface area (TPSA) is 46.3 Å². The number of hydrogen-bond donors (Lipinski definition) is 1. The molecule has 1 saturated heterocycles. The Balaban J connectivity index is 1.89. The quantitative estimate of drug-likeness (QED) is 0.810. The van der Waals surface area contributed by atoms with Crippen LogP contribution in [0.4, 0.5) is 5.69 Å². The molecule has 3 rings (SSSR count). The molecule has 90 valence electrons. The van der Waals surface area contributed by atoms with Crippen molar-refractivity contribution in [2.45, 2.75) is 25.3 Å². The largest absolute Gasteiger partial charge is 0.399 e. The van der Waals surface area contributed by atoms with Gasteiger partial charge in [-0.2, -0.15) is 0 Å². The molecule has 2 aliphatic rings. The summed E-state index contributed by atoms with van der Waals surface area (Å²) in [6.07, 6.45) is 3.63. The number of anilines is 1. The van der Waals surface area contributed by atoms with Gasteiger partial charge in [0.2, 0.25) is 0 Å². The standard InChI is InChI=1S/C13H15BrN2O/c14-12-4-2-9(15)6-11(12)13(17)16-7-8-1-3-10(16)5-8/h2,4,6,8,10H,1,3,5,7,15H2. The maximum Gasteiger partial charge on any atom is 0.255 e. The fourth-order valence-electron chi connectivity index (χ4n) is 3.03. The van der Waals surface area contributed by atoms with Crippen LogP contribution in [0.2, 0.25) is 0 Å². The number of carbonyl (C=O) groups excluding carboxylic acids is 1. The monoisotopic (exact) mass is 294 g/mol. The van der Waals surface area contributed by atoms with Gasteiger partial charge in [0.15, 0.2) is 0 Å². The van der Waals surface area contributed by atoms with E-state index < -0.39 is 0 Å². The maximum atomic E-state index is 12.5. The van der Waals surface area contributed by atoms with Crippen LogP contribution < -0.4 is 5.73 Å². The Kier molecular flexibility index (Phi) is 2.62. The van der Waals surface area contributed by atoms with Crippen molar-refractivity contribution in [1.29, 1.82) is 0 Å². The molecule has 2 N–H and O–H groups in total. The van der Waals surface area contributed by atoms with E-state index in [1.165, 1.54) is 12.8 Å². The first-order valence-corrected chi connectivity index (χ1v) is 6.80. The number of piperidine rings is 1. The van der Waals surface area contributed by atoms with Crippen molar-refractivity contribution in [3.05, 3.63) is 28.2 Å². The maximum absolute atomic E-state index is 12.5. The van der Waals surface area contributed by atoms with Gasteiger partial charge in [-0.25, -0.2) is 0 Å². The summed E-state index contributed by atoms with van der Waals surface area (Å²) in [4.78, 5) is 14.5. The molecule has 2 unspecified atom stereocenters. The van der Waals surface area contributed by atoms with Gasteiger partial charge < -0.3 is 10.6 Å². The summed E-state index contributed by atoms with van der Waals surface area (Å²) in [5, 5.41) is 0. The van der Waals surface area contributed by atoms with Gasteiger partial charge in [0.1, 0.15) is 0 Å². The lowest BCUT2D eigenvalue weighted by Crippen LogP contribution is -2.37. The Morgan fingerprint density at radius 3 is 2.88 bits per heavy atom. The summed E-state index contributed by atoms with van der Waals surface area (Å²) in [6.45, 7) is 0.921. The number of fused-ring (bicyclic) bond motifs is 2. The van der Waals surface area contributed by atoms with Gasteiger partial charge in [-0.1, -0.05) is 0 Å². The SMILES string of the molecule is Nc1ccc(Br)c(C(=O)N2CC3CCC2C3)c1. The number of carbonyl (C=O) groups is 1. The third-order valence-electron chi connectivity index (χ3n) is 3.89. The highest BCUT2D eigenvalue weighted by Crippen LogP contribution is 2.38. The Labute approximate surface area is 109 Å². The molecule has 1 aromatic rings. The van der Waals surface area contributed by atoms with Crippen molar-refractivity contribution in [3.63, 3.8) is 0 Å². The Bertz CT molecular complexity index is 474. The molecule has 2 atom stereocenters. The molecule has 2 bridgehead atoms. The highest BCUT2D eigenvalue weighted by molar-refractivity contribution is 9.10. The minimum atomic E-state index is 0.122. The fourth-order valence-corrected chi connectivity index (χ4v) is 3.45. The molecule has 17 heavy (non-hydrogen) atoms. The summed E-state index contributed by atoms with van der Waals surface area (Å²) in [5.41, 5.74) is 7.08. The van der Waals surface area contributed by atoms with Crippen molar-refractivity contribution >= 4 is 27.5 Å². The number of rotatable bonds is 1. The van der Waals surface area contributed by atoms with Gasteiger partial charge in [-0.05, 0) is 59.3 Å². The van der Waals surface area contributed by atoms with Gasteiger partial charge in [-0.15, -0.1) is 0 Å². The second kappa shape index (κ2) is 4.02. The molecule has 0 aromatic heterocycles. The number of halogens is 1. The summed E-state index contributed by atoms with van der Waals surface area (Å²) in [7, 11) is 0. The highest BCUT2D eigenvalue weighted by Gasteiger charge is 2.40. The van der Waals surface area contributed by atoms with Gasteiger partial charge >= 0.3 is 0 Å². The number of nitrogens with zero attached hydrogens (tertiary/aromatic N) is 1. The lowest BCUT2D eigenvalue weighted by molar-refractivity contribution is 0.0703. The number of benzene rings is 1. The Morgan fingerprint density at radius 2 is 2.24 bits per heavy atom. The molecule has 0 radical (unpaired) electrons. The highest BCUT2D eigenvalue weighted by atomic mass is 79.9. The van der Waals surface area contributed by atoms with E-state index >= 15 is 0 Å². The summed E-state index contributed by atoms with van der Waals surface area (Å²) >= 11 is 3.43. The lowest BCUT2D eigenvalue weighted by Gasteiger charge is -2.27. The van der Waals surface area contributed by atoms with Crippen molar-refractivity contribution in [2.24, 2.45) is 5.92 Å². The molecule has 1 aliphatic carbocycles. The van der Waals surface area contributed by atoms with Crippen LogP contribution in [0.1, 0.15) is 29.6 Å². The molecular weight excluding hydrogens is 280 g/mol. The smallest absolute Gasteiger partial charge is 0.255 e. The second-order valence-electron chi connectivity index (χ2n) is 5.03. The number of hydrogen-bond acceptors (Lipinski definition) is 2. The summed E-state index contributed by atoms with van der Waals surface area (Å²) < 4.78 is 0.833. The summed E-state index contributed by atoms with van der Waals surface area (Å²) in [5.74, 6) is 0.847.